The highest BCUT2D eigenvalue weighted by Gasteiger charge is 2.21. The Morgan fingerprint density at radius 3 is 2.76 bits per heavy atom. The van der Waals surface area contributed by atoms with E-state index in [1.54, 1.807) is 12.1 Å². The van der Waals surface area contributed by atoms with Gasteiger partial charge in [0.1, 0.15) is 5.82 Å². The molecule has 1 fully saturated rings. The maximum absolute atomic E-state index is 13.6. The standard InChI is InChI=1S/C13H14BrFOS/c14-10-2-1-3-11(15)13(10)12(16)8-9-4-6-17-7-5-9/h1-3,9H,4-8H2. The molecular formula is C13H14BrFOS. The summed E-state index contributed by atoms with van der Waals surface area (Å²) in [5.41, 5.74) is 0.214. The SMILES string of the molecule is O=C(CC1CCSCC1)c1c(F)cccc1Br. The van der Waals surface area contributed by atoms with Crippen LogP contribution < -0.4 is 0 Å². The van der Waals surface area contributed by atoms with Gasteiger partial charge in [-0.15, -0.1) is 0 Å². The first-order valence-electron chi connectivity index (χ1n) is 5.73. The third kappa shape index (κ3) is 3.32. The minimum Gasteiger partial charge on any atom is -0.294 e. The Hall–Kier alpha value is -0.350. The van der Waals surface area contributed by atoms with Gasteiger partial charge in [0.15, 0.2) is 5.78 Å². The molecule has 0 atom stereocenters. The van der Waals surface area contributed by atoms with Crippen molar-refractivity contribution in [1.29, 1.82) is 0 Å². The van der Waals surface area contributed by atoms with Crippen LogP contribution in [0.2, 0.25) is 0 Å². The van der Waals surface area contributed by atoms with E-state index < -0.39 is 5.82 Å². The lowest BCUT2D eigenvalue weighted by atomic mass is 9.93. The van der Waals surface area contributed by atoms with E-state index in [0.717, 1.165) is 24.3 Å². The summed E-state index contributed by atoms with van der Waals surface area (Å²) in [6, 6.07) is 4.66. The van der Waals surface area contributed by atoms with Crippen molar-refractivity contribution in [3.63, 3.8) is 0 Å². The number of rotatable bonds is 3. The zero-order chi connectivity index (χ0) is 12.3. The summed E-state index contributed by atoms with van der Waals surface area (Å²) >= 11 is 5.18. The van der Waals surface area contributed by atoms with E-state index in [2.05, 4.69) is 15.9 Å². The van der Waals surface area contributed by atoms with E-state index in [0.29, 0.717) is 16.8 Å². The third-order valence-electron chi connectivity index (χ3n) is 3.06. The smallest absolute Gasteiger partial charge is 0.167 e. The fraction of sp³-hybridized carbons (Fsp3) is 0.462. The molecule has 0 bridgehead atoms. The number of carbonyl (C=O) groups is 1. The molecule has 0 aliphatic carbocycles. The van der Waals surface area contributed by atoms with Gasteiger partial charge in [-0.2, -0.15) is 11.8 Å². The van der Waals surface area contributed by atoms with Gasteiger partial charge in [0, 0.05) is 10.9 Å². The molecule has 0 unspecified atom stereocenters. The lowest BCUT2D eigenvalue weighted by Gasteiger charge is -2.20. The number of hydrogen-bond acceptors (Lipinski definition) is 2. The molecule has 0 aromatic heterocycles. The molecule has 1 heterocycles. The Labute approximate surface area is 113 Å². The highest BCUT2D eigenvalue weighted by atomic mass is 79.9. The van der Waals surface area contributed by atoms with Gasteiger partial charge in [-0.05, 0) is 58.3 Å². The maximum Gasteiger partial charge on any atom is 0.167 e. The van der Waals surface area contributed by atoms with Crippen LogP contribution in [0.5, 0.6) is 0 Å². The molecule has 0 saturated carbocycles. The van der Waals surface area contributed by atoms with Crippen LogP contribution in [-0.2, 0) is 0 Å². The number of benzene rings is 1. The van der Waals surface area contributed by atoms with Crippen molar-refractivity contribution in [3.8, 4) is 0 Å². The Morgan fingerprint density at radius 2 is 2.12 bits per heavy atom. The summed E-state index contributed by atoms with van der Waals surface area (Å²) in [6.45, 7) is 0. The first-order chi connectivity index (χ1) is 8.18. The van der Waals surface area contributed by atoms with Crippen molar-refractivity contribution in [2.75, 3.05) is 11.5 Å². The van der Waals surface area contributed by atoms with Gasteiger partial charge in [-0.1, -0.05) is 6.07 Å². The van der Waals surface area contributed by atoms with Gasteiger partial charge in [0.2, 0.25) is 0 Å². The summed E-state index contributed by atoms with van der Waals surface area (Å²) in [5, 5.41) is 0. The zero-order valence-electron chi connectivity index (χ0n) is 9.42. The molecule has 0 radical (unpaired) electrons. The van der Waals surface area contributed by atoms with Crippen LogP contribution in [-0.4, -0.2) is 17.3 Å². The predicted octanol–water partition coefficient (Wildman–Crippen LogP) is 4.30. The molecule has 1 saturated heterocycles. The first-order valence-corrected chi connectivity index (χ1v) is 7.68. The Bertz CT molecular complexity index is 396. The second-order valence-electron chi connectivity index (χ2n) is 4.28. The average molecular weight is 317 g/mol. The van der Waals surface area contributed by atoms with Crippen LogP contribution in [0.1, 0.15) is 29.6 Å². The van der Waals surface area contributed by atoms with Gasteiger partial charge in [0.05, 0.1) is 5.56 Å². The highest BCUT2D eigenvalue weighted by Crippen LogP contribution is 2.28. The normalized spacial score (nSPS) is 17.1. The Balaban J connectivity index is 2.08. The maximum atomic E-state index is 13.6. The number of hydrogen-bond donors (Lipinski definition) is 0. The lowest BCUT2D eigenvalue weighted by Crippen LogP contribution is -2.15. The summed E-state index contributed by atoms with van der Waals surface area (Å²) in [7, 11) is 0. The van der Waals surface area contributed by atoms with Crippen LogP contribution in [0.3, 0.4) is 0 Å². The van der Waals surface area contributed by atoms with Gasteiger partial charge < -0.3 is 0 Å². The van der Waals surface area contributed by atoms with Crippen LogP contribution in [0, 0.1) is 11.7 Å². The van der Waals surface area contributed by atoms with Crippen LogP contribution in [0.25, 0.3) is 0 Å². The number of carbonyl (C=O) groups excluding carboxylic acids is 1. The summed E-state index contributed by atoms with van der Waals surface area (Å²) in [6.07, 6.45) is 2.62. The van der Waals surface area contributed by atoms with Crippen molar-refractivity contribution in [3.05, 3.63) is 34.1 Å². The quantitative estimate of drug-likeness (QED) is 0.773. The summed E-state index contributed by atoms with van der Waals surface area (Å²) in [5.74, 6) is 2.17. The third-order valence-corrected chi connectivity index (χ3v) is 4.77. The fourth-order valence-electron chi connectivity index (χ4n) is 2.08. The van der Waals surface area contributed by atoms with E-state index in [1.165, 1.54) is 6.07 Å². The molecule has 17 heavy (non-hydrogen) atoms. The van der Waals surface area contributed by atoms with Crippen LogP contribution in [0.15, 0.2) is 22.7 Å². The molecule has 92 valence electrons. The molecule has 1 aromatic carbocycles. The zero-order valence-corrected chi connectivity index (χ0v) is 11.8. The fourth-order valence-corrected chi connectivity index (χ4v) is 3.85. The topological polar surface area (TPSA) is 17.1 Å². The average Bonchev–Trinajstić information content (AvgIpc) is 2.30. The molecule has 2 rings (SSSR count). The van der Waals surface area contributed by atoms with E-state index >= 15 is 0 Å². The van der Waals surface area contributed by atoms with Crippen molar-refractivity contribution in [1.82, 2.24) is 0 Å². The van der Waals surface area contributed by atoms with Gasteiger partial charge >= 0.3 is 0 Å². The number of halogens is 2. The van der Waals surface area contributed by atoms with Gasteiger partial charge in [0.25, 0.3) is 0 Å². The summed E-state index contributed by atoms with van der Waals surface area (Å²) in [4.78, 5) is 12.1. The molecule has 0 amide bonds. The number of ketones is 1. The van der Waals surface area contributed by atoms with Crippen LogP contribution in [0.4, 0.5) is 4.39 Å². The summed E-state index contributed by atoms with van der Waals surface area (Å²) < 4.78 is 14.2. The van der Waals surface area contributed by atoms with Gasteiger partial charge in [-0.25, -0.2) is 4.39 Å². The Kier molecular flexibility index (Phi) is 4.62. The molecule has 1 aromatic rings. The van der Waals surface area contributed by atoms with E-state index in [-0.39, 0.29) is 11.3 Å². The van der Waals surface area contributed by atoms with Gasteiger partial charge in [-0.3, -0.25) is 4.79 Å². The van der Waals surface area contributed by atoms with Crippen molar-refractivity contribution in [2.24, 2.45) is 5.92 Å². The van der Waals surface area contributed by atoms with E-state index in [4.69, 9.17) is 0 Å². The second-order valence-corrected chi connectivity index (χ2v) is 6.36. The molecular weight excluding hydrogens is 303 g/mol. The minimum atomic E-state index is -0.422. The molecule has 1 aliphatic heterocycles. The second kappa shape index (κ2) is 6.01. The lowest BCUT2D eigenvalue weighted by molar-refractivity contribution is 0.0954. The Morgan fingerprint density at radius 1 is 1.41 bits per heavy atom. The first kappa shape index (κ1) is 13.1. The number of Topliss-reactive ketones (excluding diaryl/α,β-unsaturated/α-hetero) is 1. The van der Waals surface area contributed by atoms with E-state index in [9.17, 15) is 9.18 Å². The molecule has 0 spiro atoms. The van der Waals surface area contributed by atoms with Crippen molar-refractivity contribution >= 4 is 33.5 Å². The van der Waals surface area contributed by atoms with Crippen molar-refractivity contribution in [2.45, 2.75) is 19.3 Å². The molecule has 1 aliphatic rings. The molecule has 1 nitrogen and oxygen atoms in total. The van der Waals surface area contributed by atoms with E-state index in [1.807, 2.05) is 11.8 Å². The van der Waals surface area contributed by atoms with Crippen molar-refractivity contribution < 1.29 is 9.18 Å². The molecule has 0 N–H and O–H groups in total. The van der Waals surface area contributed by atoms with Crippen LogP contribution >= 0.6 is 27.7 Å². The molecule has 4 heteroatoms. The number of thioether (sulfide) groups is 1. The monoisotopic (exact) mass is 316 g/mol. The predicted molar refractivity (Wildman–Crippen MR) is 73.1 cm³/mol. The largest absolute Gasteiger partial charge is 0.294 e. The minimum absolute atomic E-state index is 0.0770. The highest BCUT2D eigenvalue weighted by molar-refractivity contribution is 9.10.